The van der Waals surface area contributed by atoms with Crippen LogP contribution in [0.2, 0.25) is 0 Å². The van der Waals surface area contributed by atoms with Crippen molar-refractivity contribution < 1.29 is 1.43 Å². The predicted molar refractivity (Wildman–Crippen MR) is 61.9 cm³/mol. The maximum Gasteiger partial charge on any atom is 0 e. The van der Waals surface area contributed by atoms with Gasteiger partial charge in [-0.3, -0.25) is 0 Å². The molecule has 0 radical (unpaired) electrons. The Morgan fingerprint density at radius 3 is 2.15 bits per heavy atom. The highest BCUT2D eigenvalue weighted by Gasteiger charge is 2.29. The number of fused-ring (bicyclic) bond motifs is 1. The van der Waals surface area contributed by atoms with Gasteiger partial charge in [-0.05, 0) is 30.6 Å². The molecular weight excluding hydrogens is 156 g/mol. The van der Waals surface area contributed by atoms with E-state index in [0.29, 0.717) is 0 Å². The molecular formula is C13H28. The summed E-state index contributed by atoms with van der Waals surface area (Å²) in [5, 5.41) is 0. The molecule has 0 aliphatic heterocycles. The molecule has 2 aliphatic carbocycles. The van der Waals surface area contributed by atoms with E-state index in [2.05, 4.69) is 6.92 Å². The Morgan fingerprint density at radius 2 is 1.46 bits per heavy atom. The summed E-state index contributed by atoms with van der Waals surface area (Å²) in [6.45, 7) is 6.44. The molecule has 0 aromatic rings. The lowest BCUT2D eigenvalue weighted by Gasteiger charge is -2.38. The van der Waals surface area contributed by atoms with Gasteiger partial charge >= 0.3 is 0 Å². The van der Waals surface area contributed by atoms with Crippen LogP contribution < -0.4 is 0 Å². The summed E-state index contributed by atoms with van der Waals surface area (Å²) in [7, 11) is 0. The van der Waals surface area contributed by atoms with E-state index in [1.807, 2.05) is 13.8 Å². The van der Waals surface area contributed by atoms with Crippen molar-refractivity contribution in [3.05, 3.63) is 0 Å². The third kappa shape index (κ3) is 3.00. The summed E-state index contributed by atoms with van der Waals surface area (Å²) >= 11 is 0. The average molecular weight is 184 g/mol. The fourth-order valence-corrected chi connectivity index (χ4v) is 3.11. The summed E-state index contributed by atoms with van der Waals surface area (Å²) in [6.07, 6.45) is 10.8. The molecule has 0 aromatic carbocycles. The largest absolute Gasteiger partial charge is 0.0683 e. The molecule has 0 N–H and O–H groups in total. The molecule has 0 aromatic heterocycles. The van der Waals surface area contributed by atoms with E-state index in [4.69, 9.17) is 0 Å². The highest BCUT2D eigenvalue weighted by Crippen LogP contribution is 2.42. The van der Waals surface area contributed by atoms with Gasteiger partial charge in [0.1, 0.15) is 0 Å². The van der Waals surface area contributed by atoms with Crippen LogP contribution in [0.15, 0.2) is 0 Å². The standard InChI is InChI=1S/C11H20.C2H6.H2/c1-9-6-7-10-4-2-3-5-11(10)8-9;1-2;/h9-11H,2-8H2,1H3;1-2H3;1H. The number of hydrogen-bond acceptors (Lipinski definition) is 0. The van der Waals surface area contributed by atoms with E-state index in [0.717, 1.165) is 17.8 Å². The van der Waals surface area contributed by atoms with E-state index in [1.165, 1.54) is 19.3 Å². The van der Waals surface area contributed by atoms with Gasteiger partial charge < -0.3 is 0 Å². The minimum absolute atomic E-state index is 0. The third-order valence-electron chi connectivity index (χ3n) is 3.80. The molecule has 80 valence electrons. The molecule has 0 heteroatoms. The molecule has 2 aliphatic rings. The van der Waals surface area contributed by atoms with Gasteiger partial charge in [0.05, 0.1) is 0 Å². The lowest BCUT2D eigenvalue weighted by Crippen LogP contribution is -2.26. The van der Waals surface area contributed by atoms with Gasteiger partial charge in [-0.1, -0.05) is 52.9 Å². The van der Waals surface area contributed by atoms with Gasteiger partial charge in [0.15, 0.2) is 0 Å². The summed E-state index contributed by atoms with van der Waals surface area (Å²) in [5.41, 5.74) is 0. The van der Waals surface area contributed by atoms with Gasteiger partial charge in [0.2, 0.25) is 0 Å². The van der Waals surface area contributed by atoms with Crippen molar-refractivity contribution in [2.45, 2.75) is 65.7 Å². The highest BCUT2D eigenvalue weighted by molar-refractivity contribution is 4.81. The van der Waals surface area contributed by atoms with Gasteiger partial charge in [-0.15, -0.1) is 0 Å². The smallest absolute Gasteiger partial charge is 0 e. The Morgan fingerprint density at radius 1 is 0.846 bits per heavy atom. The first kappa shape index (κ1) is 11.1. The molecule has 0 spiro atoms. The molecule has 3 unspecified atom stereocenters. The van der Waals surface area contributed by atoms with Gasteiger partial charge in [0.25, 0.3) is 0 Å². The van der Waals surface area contributed by atoms with Crippen LogP contribution in [0, 0.1) is 17.8 Å². The normalized spacial score (nSPS) is 38.5. The van der Waals surface area contributed by atoms with Crippen LogP contribution in [0.1, 0.15) is 67.1 Å². The predicted octanol–water partition coefficient (Wildman–Crippen LogP) is 4.89. The van der Waals surface area contributed by atoms with Crippen molar-refractivity contribution in [3.63, 3.8) is 0 Å². The Balaban J connectivity index is 0.000000531. The fraction of sp³-hybridized carbons (Fsp3) is 1.00. The monoisotopic (exact) mass is 184 g/mol. The van der Waals surface area contributed by atoms with E-state index >= 15 is 0 Å². The molecule has 2 saturated carbocycles. The summed E-state index contributed by atoms with van der Waals surface area (Å²) in [4.78, 5) is 0. The zero-order valence-electron chi connectivity index (χ0n) is 9.68. The Kier molecular flexibility index (Phi) is 4.83. The SMILES string of the molecule is CC.CC1CCC2CCCCC2C1.[HH]. The van der Waals surface area contributed by atoms with Gasteiger partial charge in [-0.25, -0.2) is 0 Å². The van der Waals surface area contributed by atoms with E-state index in [1.54, 1.807) is 25.7 Å². The lowest BCUT2D eigenvalue weighted by atomic mass is 9.68. The highest BCUT2D eigenvalue weighted by atomic mass is 14.4. The minimum atomic E-state index is 0. The minimum Gasteiger partial charge on any atom is -0.0683 e. The van der Waals surface area contributed by atoms with Crippen molar-refractivity contribution in [2.75, 3.05) is 0 Å². The first-order valence-electron chi connectivity index (χ1n) is 6.36. The van der Waals surface area contributed by atoms with Crippen LogP contribution >= 0.6 is 0 Å². The quantitative estimate of drug-likeness (QED) is 0.503. The average Bonchev–Trinajstić information content (AvgIpc) is 2.21. The van der Waals surface area contributed by atoms with Crippen molar-refractivity contribution in [3.8, 4) is 0 Å². The van der Waals surface area contributed by atoms with Crippen molar-refractivity contribution in [2.24, 2.45) is 17.8 Å². The molecule has 0 bridgehead atoms. The Hall–Kier alpha value is 0. The van der Waals surface area contributed by atoms with Crippen LogP contribution in [0.25, 0.3) is 0 Å². The maximum absolute atomic E-state index is 2.44. The van der Waals surface area contributed by atoms with E-state index in [-0.39, 0.29) is 1.43 Å². The first-order chi connectivity index (χ1) is 6.36. The molecule has 0 saturated heterocycles. The second kappa shape index (κ2) is 5.67. The van der Waals surface area contributed by atoms with E-state index in [9.17, 15) is 0 Å². The van der Waals surface area contributed by atoms with Crippen molar-refractivity contribution in [1.29, 1.82) is 0 Å². The molecule has 0 heterocycles. The van der Waals surface area contributed by atoms with Gasteiger partial charge in [-0.2, -0.15) is 0 Å². The maximum atomic E-state index is 2.44. The molecule has 0 nitrogen and oxygen atoms in total. The number of hydrogen-bond donors (Lipinski definition) is 0. The number of rotatable bonds is 0. The second-order valence-electron chi connectivity index (χ2n) is 4.72. The molecule has 2 fully saturated rings. The van der Waals surface area contributed by atoms with Crippen molar-refractivity contribution >= 4 is 0 Å². The lowest BCUT2D eigenvalue weighted by molar-refractivity contribution is 0.137. The van der Waals surface area contributed by atoms with Crippen LogP contribution in [0.5, 0.6) is 0 Å². The Bertz CT molecular complexity index is 133. The van der Waals surface area contributed by atoms with Crippen molar-refractivity contribution in [1.82, 2.24) is 0 Å². The van der Waals surface area contributed by atoms with E-state index < -0.39 is 0 Å². The third-order valence-corrected chi connectivity index (χ3v) is 3.80. The second-order valence-corrected chi connectivity index (χ2v) is 4.72. The zero-order valence-corrected chi connectivity index (χ0v) is 9.68. The molecule has 2 rings (SSSR count). The molecule has 0 amide bonds. The van der Waals surface area contributed by atoms with Crippen LogP contribution in [0.4, 0.5) is 0 Å². The summed E-state index contributed by atoms with van der Waals surface area (Å²) in [5.74, 6) is 3.31. The Labute approximate surface area is 85.6 Å². The molecule has 3 atom stereocenters. The van der Waals surface area contributed by atoms with Crippen LogP contribution in [-0.2, 0) is 0 Å². The van der Waals surface area contributed by atoms with Gasteiger partial charge in [0, 0.05) is 1.43 Å². The van der Waals surface area contributed by atoms with Crippen LogP contribution in [-0.4, -0.2) is 0 Å². The van der Waals surface area contributed by atoms with Crippen LogP contribution in [0.3, 0.4) is 0 Å². The summed E-state index contributed by atoms with van der Waals surface area (Å²) in [6, 6.07) is 0. The topological polar surface area (TPSA) is 0 Å². The fourth-order valence-electron chi connectivity index (χ4n) is 3.11. The zero-order chi connectivity index (χ0) is 9.68. The summed E-state index contributed by atoms with van der Waals surface area (Å²) < 4.78 is 0. The first-order valence-corrected chi connectivity index (χ1v) is 6.36. The molecule has 13 heavy (non-hydrogen) atoms.